The quantitative estimate of drug-likeness (QED) is 0.679. The fourth-order valence-electron chi connectivity index (χ4n) is 2.87. The molecule has 0 aliphatic carbocycles. The standard InChI is InChI=1S/C17H23ClN4O3S/c1-11-7-13(18)9-14(8-11)21-3-5-22(6-4-21)15(23)12(2)10-19-16(24)20-17(25)26/h7-9,12H,3-6,10H2,1-2H3,(H3,19,20,24,25,26). The molecule has 2 N–H and O–H groups in total. The molecule has 1 saturated heterocycles. The second-order valence-electron chi connectivity index (χ2n) is 6.34. The summed E-state index contributed by atoms with van der Waals surface area (Å²) in [4.78, 5) is 38.6. The molecule has 0 saturated carbocycles. The van der Waals surface area contributed by atoms with Crippen LogP contribution in [0.1, 0.15) is 12.5 Å². The normalized spacial score (nSPS) is 15.4. The third-order valence-corrected chi connectivity index (χ3v) is 4.52. The van der Waals surface area contributed by atoms with Crippen molar-refractivity contribution in [3.63, 3.8) is 0 Å². The van der Waals surface area contributed by atoms with E-state index in [2.05, 4.69) is 28.9 Å². The highest BCUT2D eigenvalue weighted by Crippen LogP contribution is 2.23. The molecule has 26 heavy (non-hydrogen) atoms. The molecule has 0 bridgehead atoms. The lowest BCUT2D eigenvalue weighted by atomic mass is 10.1. The van der Waals surface area contributed by atoms with Gasteiger partial charge >= 0.3 is 6.03 Å². The van der Waals surface area contributed by atoms with Gasteiger partial charge < -0.3 is 15.1 Å². The van der Waals surface area contributed by atoms with E-state index in [-0.39, 0.29) is 18.4 Å². The Morgan fingerprint density at radius 3 is 2.42 bits per heavy atom. The molecule has 1 heterocycles. The number of hydrogen-bond acceptors (Lipinski definition) is 4. The maximum atomic E-state index is 12.5. The number of rotatable bonds is 4. The Hall–Kier alpha value is -1.93. The molecular formula is C17H23ClN4O3S. The van der Waals surface area contributed by atoms with Gasteiger partial charge in [0.15, 0.2) is 0 Å². The molecule has 1 fully saturated rings. The van der Waals surface area contributed by atoms with Crippen molar-refractivity contribution in [3.8, 4) is 0 Å². The van der Waals surface area contributed by atoms with Crippen molar-refractivity contribution in [3.05, 3.63) is 28.8 Å². The number of piperazine rings is 1. The Morgan fingerprint density at radius 1 is 1.19 bits per heavy atom. The third kappa shape index (κ3) is 5.81. The number of thiol groups is 1. The second-order valence-corrected chi connectivity index (χ2v) is 7.18. The molecule has 1 aliphatic rings. The van der Waals surface area contributed by atoms with Crippen LogP contribution in [0, 0.1) is 12.8 Å². The Balaban J connectivity index is 1.83. The van der Waals surface area contributed by atoms with Crippen LogP contribution < -0.4 is 15.5 Å². The van der Waals surface area contributed by atoms with Crippen LogP contribution in [0.5, 0.6) is 0 Å². The second kappa shape index (κ2) is 9.14. The van der Waals surface area contributed by atoms with E-state index in [4.69, 9.17) is 11.6 Å². The summed E-state index contributed by atoms with van der Waals surface area (Å²) in [6.45, 7) is 6.56. The summed E-state index contributed by atoms with van der Waals surface area (Å²) in [5.41, 5.74) is 2.16. The van der Waals surface area contributed by atoms with E-state index < -0.39 is 11.3 Å². The van der Waals surface area contributed by atoms with E-state index in [1.807, 2.05) is 24.4 Å². The summed E-state index contributed by atoms with van der Waals surface area (Å²) in [5, 5.41) is 4.43. The Bertz CT molecular complexity index is 672. The largest absolute Gasteiger partial charge is 0.368 e. The van der Waals surface area contributed by atoms with Crippen molar-refractivity contribution < 1.29 is 14.4 Å². The van der Waals surface area contributed by atoms with Crippen LogP contribution in [0.15, 0.2) is 18.2 Å². The van der Waals surface area contributed by atoms with E-state index in [0.717, 1.165) is 24.3 Å². The molecule has 1 aliphatic heterocycles. The molecule has 1 unspecified atom stereocenters. The number of nitrogens with zero attached hydrogens (tertiary/aromatic N) is 2. The number of imide groups is 1. The summed E-state index contributed by atoms with van der Waals surface area (Å²) in [7, 11) is 0. The lowest BCUT2D eigenvalue weighted by Crippen LogP contribution is -2.51. The summed E-state index contributed by atoms with van der Waals surface area (Å²) in [6.07, 6.45) is 0. The molecule has 0 radical (unpaired) electrons. The predicted octanol–water partition coefficient (Wildman–Crippen LogP) is 2.28. The van der Waals surface area contributed by atoms with Crippen molar-refractivity contribution in [1.29, 1.82) is 0 Å². The van der Waals surface area contributed by atoms with E-state index in [0.29, 0.717) is 18.1 Å². The first-order valence-corrected chi connectivity index (χ1v) is 9.17. The van der Waals surface area contributed by atoms with Gasteiger partial charge in [0.05, 0.1) is 5.92 Å². The number of nitrogens with one attached hydrogen (secondary N) is 2. The van der Waals surface area contributed by atoms with Crippen LogP contribution in [0.3, 0.4) is 0 Å². The Kier molecular flexibility index (Phi) is 7.16. The lowest BCUT2D eigenvalue weighted by Gasteiger charge is -2.37. The molecule has 142 valence electrons. The van der Waals surface area contributed by atoms with Crippen LogP contribution in [0.4, 0.5) is 15.3 Å². The van der Waals surface area contributed by atoms with Crippen molar-refractivity contribution in [1.82, 2.24) is 15.5 Å². The van der Waals surface area contributed by atoms with Gasteiger partial charge in [-0.25, -0.2) is 4.79 Å². The van der Waals surface area contributed by atoms with Gasteiger partial charge in [-0.1, -0.05) is 31.2 Å². The third-order valence-electron chi connectivity index (χ3n) is 4.19. The maximum absolute atomic E-state index is 12.5. The zero-order chi connectivity index (χ0) is 19.3. The number of halogens is 1. The molecule has 1 aromatic carbocycles. The minimum atomic E-state index is -0.742. The van der Waals surface area contributed by atoms with E-state index in [1.165, 1.54) is 0 Å². The van der Waals surface area contributed by atoms with E-state index in [1.54, 1.807) is 11.8 Å². The van der Waals surface area contributed by atoms with Gasteiger partial charge in [0.2, 0.25) is 5.91 Å². The summed E-state index contributed by atoms with van der Waals surface area (Å²) < 4.78 is 0. The van der Waals surface area contributed by atoms with Crippen molar-refractivity contribution >= 4 is 47.1 Å². The first-order valence-electron chi connectivity index (χ1n) is 8.35. The molecular weight excluding hydrogens is 376 g/mol. The smallest absolute Gasteiger partial charge is 0.322 e. The van der Waals surface area contributed by atoms with Gasteiger partial charge in [-0.2, -0.15) is 0 Å². The molecule has 1 aromatic rings. The maximum Gasteiger partial charge on any atom is 0.322 e. The summed E-state index contributed by atoms with van der Waals surface area (Å²) in [5.74, 6) is -0.403. The fraction of sp³-hybridized carbons (Fsp3) is 0.471. The molecule has 1 atom stereocenters. The number of carbonyl (C=O) groups is 3. The SMILES string of the molecule is Cc1cc(Cl)cc(N2CCN(C(=O)C(C)CNC(=O)NC(=O)S)CC2)c1. The average molecular weight is 399 g/mol. The van der Waals surface area contributed by atoms with Crippen LogP contribution >= 0.6 is 24.2 Å². The molecule has 9 heteroatoms. The number of anilines is 1. The van der Waals surface area contributed by atoms with Crippen LogP contribution in [-0.4, -0.2) is 54.8 Å². The van der Waals surface area contributed by atoms with Gasteiger partial charge in [0.25, 0.3) is 5.24 Å². The molecule has 4 amide bonds. The topological polar surface area (TPSA) is 81.8 Å². The number of amides is 4. The first-order chi connectivity index (χ1) is 12.3. The van der Waals surface area contributed by atoms with E-state index in [9.17, 15) is 14.4 Å². The number of urea groups is 1. The zero-order valence-corrected chi connectivity index (χ0v) is 16.4. The highest BCUT2D eigenvalue weighted by molar-refractivity contribution is 7.96. The van der Waals surface area contributed by atoms with Crippen LogP contribution in [0.25, 0.3) is 0 Å². The number of carbonyl (C=O) groups excluding carboxylic acids is 3. The minimum absolute atomic E-state index is 0.0237. The summed E-state index contributed by atoms with van der Waals surface area (Å²) >= 11 is 9.58. The first kappa shape index (κ1) is 20.4. The van der Waals surface area contributed by atoms with Crippen molar-refractivity contribution in [2.24, 2.45) is 5.92 Å². The molecule has 0 spiro atoms. The number of aryl methyl sites for hydroxylation is 1. The average Bonchev–Trinajstić information content (AvgIpc) is 2.57. The number of benzene rings is 1. The fourth-order valence-corrected chi connectivity index (χ4v) is 3.26. The highest BCUT2D eigenvalue weighted by atomic mass is 35.5. The molecule has 7 nitrogen and oxygen atoms in total. The van der Waals surface area contributed by atoms with Crippen LogP contribution in [-0.2, 0) is 4.79 Å². The van der Waals surface area contributed by atoms with E-state index >= 15 is 0 Å². The summed E-state index contributed by atoms with van der Waals surface area (Å²) in [6, 6.07) is 5.26. The van der Waals surface area contributed by atoms with Crippen molar-refractivity contribution in [2.45, 2.75) is 13.8 Å². The predicted molar refractivity (Wildman–Crippen MR) is 105 cm³/mol. The van der Waals surface area contributed by atoms with Gasteiger partial charge in [0, 0.05) is 43.4 Å². The molecule has 0 aromatic heterocycles. The highest BCUT2D eigenvalue weighted by Gasteiger charge is 2.25. The Morgan fingerprint density at radius 2 is 1.85 bits per heavy atom. The van der Waals surface area contributed by atoms with Gasteiger partial charge in [-0.05, 0) is 30.7 Å². The zero-order valence-electron chi connectivity index (χ0n) is 14.8. The minimum Gasteiger partial charge on any atom is -0.368 e. The monoisotopic (exact) mass is 398 g/mol. The molecule has 2 rings (SSSR count). The number of hydrogen-bond donors (Lipinski definition) is 3. The lowest BCUT2D eigenvalue weighted by molar-refractivity contribution is -0.135. The van der Waals surface area contributed by atoms with Gasteiger partial charge in [0.1, 0.15) is 0 Å². The van der Waals surface area contributed by atoms with Gasteiger partial charge in [-0.15, -0.1) is 0 Å². The van der Waals surface area contributed by atoms with Crippen molar-refractivity contribution in [2.75, 3.05) is 37.6 Å². The Labute approximate surface area is 163 Å². The van der Waals surface area contributed by atoms with Crippen LogP contribution in [0.2, 0.25) is 5.02 Å². The van der Waals surface area contributed by atoms with Gasteiger partial charge in [-0.3, -0.25) is 14.9 Å².